The molecule has 4 heteroatoms. The summed E-state index contributed by atoms with van der Waals surface area (Å²) < 4.78 is 10.6. The van der Waals surface area contributed by atoms with Crippen LogP contribution in [0.2, 0.25) is 0 Å². The number of carbonyl (C=O) groups excluding carboxylic acids is 2. The number of carbonyl (C=O) groups is 2. The smallest absolute Gasteiger partial charge is 0.308 e. The zero-order valence-electron chi connectivity index (χ0n) is 20.0. The molecular formula is C25H48O4. The molecule has 0 aromatic rings. The van der Waals surface area contributed by atoms with Crippen molar-refractivity contribution in [2.24, 2.45) is 17.8 Å². The number of rotatable bonds is 19. The van der Waals surface area contributed by atoms with Gasteiger partial charge in [0, 0.05) is 6.42 Å². The molecule has 0 aromatic heterocycles. The third kappa shape index (κ3) is 20.0. The molecule has 4 nitrogen and oxygen atoms in total. The van der Waals surface area contributed by atoms with E-state index in [1.165, 1.54) is 25.7 Å². The summed E-state index contributed by atoms with van der Waals surface area (Å²) in [7, 11) is 0. The Balaban J connectivity index is 3.41. The van der Waals surface area contributed by atoms with E-state index in [9.17, 15) is 9.59 Å². The summed E-state index contributed by atoms with van der Waals surface area (Å²) >= 11 is 0. The maximum Gasteiger partial charge on any atom is 0.308 e. The minimum absolute atomic E-state index is 0.0144. The number of hydrogen-bond acceptors (Lipinski definition) is 4. The zero-order valence-corrected chi connectivity index (χ0v) is 20.0. The SMILES string of the molecule is CC(C)CCCOC(=O)CCCCCCCCCC(C)C(=O)OCCCC(C)C. The summed E-state index contributed by atoms with van der Waals surface area (Å²) in [5, 5.41) is 0. The number of hydrogen-bond donors (Lipinski definition) is 0. The molecule has 0 aromatic carbocycles. The Morgan fingerprint density at radius 1 is 0.586 bits per heavy atom. The maximum atomic E-state index is 11.9. The van der Waals surface area contributed by atoms with Crippen molar-refractivity contribution in [2.75, 3.05) is 13.2 Å². The van der Waals surface area contributed by atoms with E-state index in [4.69, 9.17) is 9.47 Å². The van der Waals surface area contributed by atoms with Gasteiger partial charge in [-0.05, 0) is 50.4 Å². The summed E-state index contributed by atoms with van der Waals surface area (Å²) in [5.41, 5.74) is 0. The molecular weight excluding hydrogens is 364 g/mol. The molecule has 0 saturated heterocycles. The van der Waals surface area contributed by atoms with E-state index >= 15 is 0 Å². The maximum absolute atomic E-state index is 11.9. The van der Waals surface area contributed by atoms with Crippen molar-refractivity contribution in [2.45, 2.75) is 118 Å². The van der Waals surface area contributed by atoms with Gasteiger partial charge in [0.2, 0.25) is 0 Å². The first kappa shape index (κ1) is 27.9. The summed E-state index contributed by atoms with van der Waals surface area (Å²) in [6.07, 6.45) is 13.5. The first-order valence-corrected chi connectivity index (χ1v) is 12.1. The van der Waals surface area contributed by atoms with Crippen molar-refractivity contribution in [1.82, 2.24) is 0 Å². The van der Waals surface area contributed by atoms with Crippen LogP contribution in [0.1, 0.15) is 118 Å². The lowest BCUT2D eigenvalue weighted by atomic mass is 10.0. The number of esters is 2. The molecule has 0 fully saturated rings. The fourth-order valence-corrected chi connectivity index (χ4v) is 3.28. The molecule has 0 amide bonds. The van der Waals surface area contributed by atoms with Crippen LogP contribution in [0.5, 0.6) is 0 Å². The fraction of sp³-hybridized carbons (Fsp3) is 0.920. The molecule has 0 aliphatic carbocycles. The average molecular weight is 413 g/mol. The molecule has 0 heterocycles. The van der Waals surface area contributed by atoms with Gasteiger partial charge < -0.3 is 9.47 Å². The van der Waals surface area contributed by atoms with E-state index in [1.54, 1.807) is 0 Å². The van der Waals surface area contributed by atoms with Gasteiger partial charge in [-0.1, -0.05) is 73.1 Å². The Morgan fingerprint density at radius 2 is 1.07 bits per heavy atom. The van der Waals surface area contributed by atoms with E-state index in [0.717, 1.165) is 51.4 Å². The van der Waals surface area contributed by atoms with Gasteiger partial charge in [-0.3, -0.25) is 9.59 Å². The molecule has 0 rings (SSSR count). The molecule has 172 valence electrons. The Kier molecular flexibility index (Phi) is 18.2. The third-order valence-corrected chi connectivity index (χ3v) is 5.28. The van der Waals surface area contributed by atoms with Gasteiger partial charge in [0.1, 0.15) is 0 Å². The molecule has 0 aliphatic rings. The van der Waals surface area contributed by atoms with E-state index in [-0.39, 0.29) is 17.9 Å². The van der Waals surface area contributed by atoms with Gasteiger partial charge in [0.25, 0.3) is 0 Å². The van der Waals surface area contributed by atoms with Gasteiger partial charge in [-0.25, -0.2) is 0 Å². The van der Waals surface area contributed by atoms with E-state index in [2.05, 4.69) is 27.7 Å². The van der Waals surface area contributed by atoms with Crippen molar-refractivity contribution < 1.29 is 19.1 Å². The van der Waals surface area contributed by atoms with E-state index in [1.807, 2.05) is 6.92 Å². The topological polar surface area (TPSA) is 52.6 Å². The summed E-state index contributed by atoms with van der Waals surface area (Å²) in [6, 6.07) is 0. The zero-order chi connectivity index (χ0) is 21.9. The summed E-state index contributed by atoms with van der Waals surface area (Å²) in [4.78, 5) is 23.6. The van der Waals surface area contributed by atoms with Crippen LogP contribution >= 0.6 is 0 Å². The van der Waals surface area contributed by atoms with Gasteiger partial charge in [0.05, 0.1) is 19.1 Å². The van der Waals surface area contributed by atoms with E-state index < -0.39 is 0 Å². The largest absolute Gasteiger partial charge is 0.466 e. The molecule has 0 aliphatic heterocycles. The Morgan fingerprint density at radius 3 is 1.62 bits per heavy atom. The van der Waals surface area contributed by atoms with Crippen molar-refractivity contribution in [3.63, 3.8) is 0 Å². The standard InChI is InChI=1S/C25H48O4/c1-21(2)15-13-19-28-24(26)18-12-10-8-6-7-9-11-17-23(5)25(27)29-20-14-16-22(3)4/h21-23H,6-20H2,1-5H3. The first-order chi connectivity index (χ1) is 13.8. The molecule has 0 bridgehead atoms. The average Bonchev–Trinajstić information content (AvgIpc) is 2.66. The van der Waals surface area contributed by atoms with Crippen LogP contribution in [-0.2, 0) is 19.1 Å². The van der Waals surface area contributed by atoms with Crippen LogP contribution < -0.4 is 0 Å². The Bertz CT molecular complexity index is 404. The van der Waals surface area contributed by atoms with Crippen LogP contribution in [0.3, 0.4) is 0 Å². The van der Waals surface area contributed by atoms with Crippen LogP contribution in [-0.4, -0.2) is 25.2 Å². The van der Waals surface area contributed by atoms with Gasteiger partial charge >= 0.3 is 11.9 Å². The van der Waals surface area contributed by atoms with E-state index in [0.29, 0.717) is 31.5 Å². The highest BCUT2D eigenvalue weighted by Crippen LogP contribution is 2.15. The van der Waals surface area contributed by atoms with Crippen molar-refractivity contribution in [1.29, 1.82) is 0 Å². The molecule has 29 heavy (non-hydrogen) atoms. The highest BCUT2D eigenvalue weighted by molar-refractivity contribution is 5.71. The van der Waals surface area contributed by atoms with Gasteiger partial charge in [-0.15, -0.1) is 0 Å². The lowest BCUT2D eigenvalue weighted by Gasteiger charge is -2.12. The van der Waals surface area contributed by atoms with Crippen LogP contribution in [0, 0.1) is 17.8 Å². The monoisotopic (exact) mass is 412 g/mol. The van der Waals surface area contributed by atoms with Crippen LogP contribution in [0.4, 0.5) is 0 Å². The molecule has 0 radical (unpaired) electrons. The second-order valence-electron chi connectivity index (χ2n) is 9.37. The lowest BCUT2D eigenvalue weighted by molar-refractivity contribution is -0.148. The highest BCUT2D eigenvalue weighted by Gasteiger charge is 2.13. The second-order valence-corrected chi connectivity index (χ2v) is 9.37. The normalized spacial score (nSPS) is 12.4. The molecule has 0 spiro atoms. The van der Waals surface area contributed by atoms with Gasteiger partial charge in [-0.2, -0.15) is 0 Å². The van der Waals surface area contributed by atoms with Crippen molar-refractivity contribution in [3.8, 4) is 0 Å². The predicted molar refractivity (Wildman–Crippen MR) is 121 cm³/mol. The molecule has 0 N–H and O–H groups in total. The molecule has 1 unspecified atom stereocenters. The molecule has 0 saturated carbocycles. The van der Waals surface area contributed by atoms with Crippen LogP contribution in [0.25, 0.3) is 0 Å². The molecule has 1 atom stereocenters. The number of ether oxygens (including phenoxy) is 2. The predicted octanol–water partition coefficient (Wildman–Crippen LogP) is 7.09. The lowest BCUT2D eigenvalue weighted by Crippen LogP contribution is -2.15. The summed E-state index contributed by atoms with van der Waals surface area (Å²) in [6.45, 7) is 11.9. The van der Waals surface area contributed by atoms with Crippen molar-refractivity contribution >= 4 is 11.9 Å². The minimum atomic E-state index is -0.0427. The summed E-state index contributed by atoms with van der Waals surface area (Å²) in [5.74, 6) is 1.27. The van der Waals surface area contributed by atoms with Gasteiger partial charge in [0.15, 0.2) is 0 Å². The quantitative estimate of drug-likeness (QED) is 0.168. The Labute approximate surface area is 180 Å². The van der Waals surface area contributed by atoms with Crippen LogP contribution in [0.15, 0.2) is 0 Å². The minimum Gasteiger partial charge on any atom is -0.466 e. The van der Waals surface area contributed by atoms with Crippen molar-refractivity contribution in [3.05, 3.63) is 0 Å². The third-order valence-electron chi connectivity index (χ3n) is 5.28. The fourth-order valence-electron chi connectivity index (χ4n) is 3.28. The Hall–Kier alpha value is -1.06. The highest BCUT2D eigenvalue weighted by atomic mass is 16.5. The number of unbranched alkanes of at least 4 members (excludes halogenated alkanes) is 6. The second kappa shape index (κ2) is 18.9. The first-order valence-electron chi connectivity index (χ1n) is 12.1.